The number of pyridine rings is 1. The first-order valence-corrected chi connectivity index (χ1v) is 3.84. The summed E-state index contributed by atoms with van der Waals surface area (Å²) in [7, 11) is 0. The molecular formula is C9H10N2O2. The molecule has 0 aliphatic rings. The minimum Gasteiger partial charge on any atom is -0.384 e. The fourth-order valence-corrected chi connectivity index (χ4v) is 1.05. The Morgan fingerprint density at radius 1 is 1.54 bits per heavy atom. The summed E-state index contributed by atoms with van der Waals surface area (Å²) in [5, 5.41) is 26.9. The first-order valence-electron chi connectivity index (χ1n) is 3.84. The fraction of sp³-hybridized carbons (Fsp3) is 0.333. The van der Waals surface area contributed by atoms with E-state index in [0.29, 0.717) is 11.3 Å². The molecule has 0 bridgehead atoms. The Kier molecular flexibility index (Phi) is 2.96. The lowest BCUT2D eigenvalue weighted by atomic mass is 10.0. The van der Waals surface area contributed by atoms with Gasteiger partial charge in [0.1, 0.15) is 6.10 Å². The van der Waals surface area contributed by atoms with Crippen LogP contribution in [0.1, 0.15) is 17.4 Å². The van der Waals surface area contributed by atoms with Gasteiger partial charge in [-0.2, -0.15) is 5.26 Å². The highest BCUT2D eigenvalue weighted by molar-refractivity contribution is 5.23. The van der Waals surface area contributed by atoms with Crippen LogP contribution in [0.2, 0.25) is 0 Å². The standard InChI is InChI=1S/C9H10N2O2/c1-6-7(3-2-4-11-6)9(13)8(12)5-10/h2-4,8-9,12-13H,1H3. The molecule has 0 radical (unpaired) electrons. The number of aromatic nitrogens is 1. The molecule has 0 fully saturated rings. The van der Waals surface area contributed by atoms with Crippen molar-refractivity contribution in [3.05, 3.63) is 29.6 Å². The summed E-state index contributed by atoms with van der Waals surface area (Å²) in [6, 6.07) is 4.85. The van der Waals surface area contributed by atoms with Crippen LogP contribution in [0.15, 0.2) is 18.3 Å². The summed E-state index contributed by atoms with van der Waals surface area (Å²) in [5.74, 6) is 0. The van der Waals surface area contributed by atoms with Gasteiger partial charge in [-0.25, -0.2) is 0 Å². The lowest BCUT2D eigenvalue weighted by molar-refractivity contribution is 0.0521. The Bertz CT molecular complexity index is 333. The van der Waals surface area contributed by atoms with Crippen molar-refractivity contribution in [3.8, 4) is 6.07 Å². The van der Waals surface area contributed by atoms with E-state index in [1.165, 1.54) is 0 Å². The molecule has 4 nitrogen and oxygen atoms in total. The zero-order valence-corrected chi connectivity index (χ0v) is 7.18. The number of nitriles is 1. The largest absolute Gasteiger partial charge is 0.384 e. The molecule has 68 valence electrons. The van der Waals surface area contributed by atoms with Gasteiger partial charge in [0.05, 0.1) is 6.07 Å². The van der Waals surface area contributed by atoms with Crippen molar-refractivity contribution in [2.24, 2.45) is 0 Å². The molecule has 13 heavy (non-hydrogen) atoms. The van der Waals surface area contributed by atoms with Crippen molar-refractivity contribution in [1.29, 1.82) is 5.26 Å². The van der Waals surface area contributed by atoms with Crippen LogP contribution in [-0.4, -0.2) is 21.3 Å². The lowest BCUT2D eigenvalue weighted by Gasteiger charge is -2.13. The van der Waals surface area contributed by atoms with Gasteiger partial charge in [-0.05, 0) is 13.0 Å². The van der Waals surface area contributed by atoms with Crippen molar-refractivity contribution in [2.75, 3.05) is 0 Å². The summed E-state index contributed by atoms with van der Waals surface area (Å²) in [4.78, 5) is 3.94. The minimum atomic E-state index is -1.40. The monoisotopic (exact) mass is 178 g/mol. The van der Waals surface area contributed by atoms with E-state index in [-0.39, 0.29) is 0 Å². The molecule has 0 saturated carbocycles. The van der Waals surface area contributed by atoms with Gasteiger partial charge in [0, 0.05) is 17.5 Å². The molecule has 0 amide bonds. The molecule has 0 aromatic carbocycles. The second-order valence-corrected chi connectivity index (χ2v) is 2.70. The maximum atomic E-state index is 9.46. The van der Waals surface area contributed by atoms with Crippen molar-refractivity contribution in [3.63, 3.8) is 0 Å². The van der Waals surface area contributed by atoms with Crippen LogP contribution in [0.3, 0.4) is 0 Å². The number of aryl methyl sites for hydroxylation is 1. The van der Waals surface area contributed by atoms with Gasteiger partial charge in [0.15, 0.2) is 6.10 Å². The molecule has 2 atom stereocenters. The van der Waals surface area contributed by atoms with Gasteiger partial charge >= 0.3 is 0 Å². The molecule has 0 aliphatic heterocycles. The van der Waals surface area contributed by atoms with Crippen molar-refractivity contribution < 1.29 is 10.2 Å². The van der Waals surface area contributed by atoms with Crippen LogP contribution in [0.25, 0.3) is 0 Å². The van der Waals surface area contributed by atoms with E-state index in [0.717, 1.165) is 0 Å². The number of aliphatic hydroxyl groups is 2. The van der Waals surface area contributed by atoms with E-state index in [1.807, 2.05) is 0 Å². The number of nitrogens with zero attached hydrogens (tertiary/aromatic N) is 2. The first kappa shape index (κ1) is 9.65. The van der Waals surface area contributed by atoms with Crippen LogP contribution in [-0.2, 0) is 0 Å². The number of rotatable bonds is 2. The Labute approximate surface area is 76.1 Å². The highest BCUT2D eigenvalue weighted by atomic mass is 16.3. The molecule has 0 aliphatic carbocycles. The smallest absolute Gasteiger partial charge is 0.170 e. The van der Waals surface area contributed by atoms with E-state index < -0.39 is 12.2 Å². The fourth-order valence-electron chi connectivity index (χ4n) is 1.05. The number of hydrogen-bond acceptors (Lipinski definition) is 4. The molecule has 2 N–H and O–H groups in total. The van der Waals surface area contributed by atoms with Gasteiger partial charge in [0.25, 0.3) is 0 Å². The van der Waals surface area contributed by atoms with Crippen molar-refractivity contribution in [2.45, 2.75) is 19.1 Å². The molecule has 0 spiro atoms. The summed E-state index contributed by atoms with van der Waals surface area (Å²) in [6.07, 6.45) is -0.994. The van der Waals surface area contributed by atoms with E-state index >= 15 is 0 Å². The quantitative estimate of drug-likeness (QED) is 0.639. The van der Waals surface area contributed by atoms with Crippen molar-refractivity contribution in [1.82, 2.24) is 4.98 Å². The third-order valence-corrected chi connectivity index (χ3v) is 1.80. The average Bonchev–Trinajstić information content (AvgIpc) is 2.16. The Morgan fingerprint density at radius 3 is 2.77 bits per heavy atom. The molecule has 2 unspecified atom stereocenters. The minimum absolute atomic E-state index is 0.483. The molecule has 4 heteroatoms. The molecule has 1 heterocycles. The highest BCUT2D eigenvalue weighted by Gasteiger charge is 2.19. The summed E-state index contributed by atoms with van der Waals surface area (Å²) < 4.78 is 0. The lowest BCUT2D eigenvalue weighted by Crippen LogP contribution is -2.17. The van der Waals surface area contributed by atoms with E-state index in [2.05, 4.69) is 4.98 Å². The topological polar surface area (TPSA) is 77.1 Å². The highest BCUT2D eigenvalue weighted by Crippen LogP contribution is 2.18. The van der Waals surface area contributed by atoms with Gasteiger partial charge in [0.2, 0.25) is 0 Å². The molecule has 0 saturated heterocycles. The average molecular weight is 178 g/mol. The molecule has 1 rings (SSSR count). The van der Waals surface area contributed by atoms with Crippen LogP contribution in [0.4, 0.5) is 0 Å². The van der Waals surface area contributed by atoms with E-state index in [9.17, 15) is 5.11 Å². The summed E-state index contributed by atoms with van der Waals surface area (Å²) in [5.41, 5.74) is 1.10. The maximum absolute atomic E-state index is 9.46. The SMILES string of the molecule is Cc1ncccc1C(O)C(O)C#N. The van der Waals surface area contributed by atoms with Gasteiger partial charge in [-0.15, -0.1) is 0 Å². The van der Waals surface area contributed by atoms with Gasteiger partial charge in [-0.3, -0.25) is 4.98 Å². The summed E-state index contributed by atoms with van der Waals surface area (Å²) >= 11 is 0. The molecule has 1 aromatic heterocycles. The van der Waals surface area contributed by atoms with Crippen LogP contribution >= 0.6 is 0 Å². The Balaban J connectivity index is 2.96. The third kappa shape index (κ3) is 2.02. The Hall–Kier alpha value is -1.44. The van der Waals surface area contributed by atoms with E-state index in [4.69, 9.17) is 10.4 Å². The first-order chi connectivity index (χ1) is 6.16. The van der Waals surface area contributed by atoms with Crippen LogP contribution in [0, 0.1) is 18.3 Å². The number of hydrogen-bond donors (Lipinski definition) is 2. The van der Waals surface area contributed by atoms with Gasteiger partial charge in [-0.1, -0.05) is 6.07 Å². The molecular weight excluding hydrogens is 168 g/mol. The predicted molar refractivity (Wildman–Crippen MR) is 45.6 cm³/mol. The normalized spacial score (nSPS) is 14.6. The second-order valence-electron chi connectivity index (χ2n) is 2.70. The second kappa shape index (κ2) is 3.99. The zero-order valence-electron chi connectivity index (χ0n) is 7.18. The van der Waals surface area contributed by atoms with Crippen molar-refractivity contribution >= 4 is 0 Å². The van der Waals surface area contributed by atoms with Crippen LogP contribution in [0.5, 0.6) is 0 Å². The van der Waals surface area contributed by atoms with E-state index in [1.54, 1.807) is 31.3 Å². The Morgan fingerprint density at radius 2 is 2.23 bits per heavy atom. The van der Waals surface area contributed by atoms with Gasteiger partial charge < -0.3 is 10.2 Å². The van der Waals surface area contributed by atoms with Crippen LogP contribution < -0.4 is 0 Å². The number of aliphatic hydroxyl groups excluding tert-OH is 2. The maximum Gasteiger partial charge on any atom is 0.170 e. The summed E-state index contributed by atoms with van der Waals surface area (Å²) in [6.45, 7) is 1.71. The zero-order chi connectivity index (χ0) is 9.84. The predicted octanol–water partition coefficient (Wildman–Crippen LogP) is 0.308. The third-order valence-electron chi connectivity index (χ3n) is 1.80. The molecule has 1 aromatic rings.